The summed E-state index contributed by atoms with van der Waals surface area (Å²) in [6, 6.07) is 5.71. The predicted molar refractivity (Wildman–Crippen MR) is 78.9 cm³/mol. The molecular formula is C14H22N2O3S. The number of aryl methyl sites for hydroxylation is 1. The van der Waals surface area contributed by atoms with Crippen molar-refractivity contribution in [3.8, 4) is 0 Å². The minimum absolute atomic E-state index is 0.163. The van der Waals surface area contributed by atoms with Crippen LogP contribution in [0, 0.1) is 6.92 Å². The fourth-order valence-electron chi connectivity index (χ4n) is 1.61. The molecule has 0 aliphatic heterocycles. The maximum absolute atomic E-state index is 12.1. The number of nitrogens with one attached hydrogen (secondary N) is 2. The second-order valence-electron chi connectivity index (χ2n) is 4.80. The predicted octanol–water partition coefficient (Wildman–Crippen LogP) is 1.58. The number of benzene rings is 1. The van der Waals surface area contributed by atoms with Crippen molar-refractivity contribution in [2.24, 2.45) is 0 Å². The van der Waals surface area contributed by atoms with Crippen LogP contribution in [0.1, 0.15) is 32.3 Å². The molecule has 6 heteroatoms. The van der Waals surface area contributed by atoms with Gasteiger partial charge in [0.1, 0.15) is 0 Å². The van der Waals surface area contributed by atoms with E-state index >= 15 is 0 Å². The Morgan fingerprint density at radius 1 is 1.25 bits per heavy atom. The molecule has 112 valence electrons. The second kappa shape index (κ2) is 7.40. The number of carbonyl (C=O) groups is 1. The third-order valence-electron chi connectivity index (χ3n) is 2.89. The van der Waals surface area contributed by atoms with Gasteiger partial charge in [-0.25, -0.2) is 8.42 Å². The summed E-state index contributed by atoms with van der Waals surface area (Å²) in [6.45, 7) is 6.00. The maximum Gasteiger partial charge on any atom is 0.241 e. The highest BCUT2D eigenvalue weighted by molar-refractivity contribution is 7.89. The molecule has 0 spiro atoms. The van der Waals surface area contributed by atoms with E-state index in [-0.39, 0.29) is 10.8 Å². The van der Waals surface area contributed by atoms with Gasteiger partial charge in [0.05, 0.1) is 10.9 Å². The Bertz CT molecular complexity index is 538. The van der Waals surface area contributed by atoms with Gasteiger partial charge in [-0.1, -0.05) is 31.0 Å². The van der Waals surface area contributed by atoms with Crippen LogP contribution in [0.25, 0.3) is 0 Å². The van der Waals surface area contributed by atoms with Crippen LogP contribution in [-0.4, -0.2) is 26.9 Å². The molecule has 0 saturated heterocycles. The summed E-state index contributed by atoms with van der Waals surface area (Å²) in [7, 11) is -3.66. The molecular weight excluding hydrogens is 276 g/mol. The molecule has 0 bridgehead atoms. The summed E-state index contributed by atoms with van der Waals surface area (Å²) in [5.41, 5.74) is 0.981. The Morgan fingerprint density at radius 2 is 1.85 bits per heavy atom. The van der Waals surface area contributed by atoms with Crippen LogP contribution in [-0.2, 0) is 14.8 Å². The molecule has 1 aromatic carbocycles. The molecule has 2 N–H and O–H groups in total. The van der Waals surface area contributed by atoms with Crippen molar-refractivity contribution in [2.75, 3.05) is 6.54 Å². The molecule has 1 atom stereocenters. The number of unbranched alkanes of at least 4 members (excludes halogenated alkanes) is 1. The van der Waals surface area contributed by atoms with Crippen molar-refractivity contribution >= 4 is 15.9 Å². The van der Waals surface area contributed by atoms with Gasteiger partial charge in [-0.05, 0) is 32.4 Å². The van der Waals surface area contributed by atoms with Crippen LogP contribution >= 0.6 is 0 Å². The average Bonchev–Trinajstić information content (AvgIpc) is 2.38. The first-order chi connectivity index (χ1) is 9.36. The lowest BCUT2D eigenvalue weighted by Crippen LogP contribution is -2.44. The molecule has 20 heavy (non-hydrogen) atoms. The second-order valence-corrected chi connectivity index (χ2v) is 6.51. The smallest absolute Gasteiger partial charge is 0.241 e. The zero-order valence-corrected chi connectivity index (χ0v) is 13.0. The van der Waals surface area contributed by atoms with E-state index in [1.807, 2.05) is 13.8 Å². The summed E-state index contributed by atoms with van der Waals surface area (Å²) < 4.78 is 26.6. The van der Waals surface area contributed by atoms with Crippen molar-refractivity contribution < 1.29 is 13.2 Å². The fraction of sp³-hybridized carbons (Fsp3) is 0.500. The quantitative estimate of drug-likeness (QED) is 0.750. The van der Waals surface area contributed by atoms with Gasteiger partial charge in [0.15, 0.2) is 0 Å². The number of hydrogen-bond acceptors (Lipinski definition) is 3. The van der Waals surface area contributed by atoms with Crippen molar-refractivity contribution in [2.45, 2.75) is 44.6 Å². The molecule has 1 amide bonds. The van der Waals surface area contributed by atoms with E-state index in [0.717, 1.165) is 18.4 Å². The standard InChI is InChI=1S/C14H22N2O3S/c1-4-5-10-15-14(17)12(3)16-20(18,19)13-8-6-11(2)7-9-13/h6-9,12,16H,4-5,10H2,1-3H3,(H,15,17)/t12-/m0/s1. The topological polar surface area (TPSA) is 75.3 Å². The molecule has 5 nitrogen and oxygen atoms in total. The molecule has 1 aromatic rings. The lowest BCUT2D eigenvalue weighted by atomic mass is 10.2. The summed E-state index contributed by atoms with van der Waals surface area (Å²) in [5, 5.41) is 2.70. The molecule has 0 fully saturated rings. The third kappa shape index (κ3) is 4.94. The van der Waals surface area contributed by atoms with Crippen LogP contribution in [0.4, 0.5) is 0 Å². The van der Waals surface area contributed by atoms with E-state index < -0.39 is 16.1 Å². The molecule has 0 unspecified atom stereocenters. The molecule has 1 rings (SSSR count). The average molecular weight is 298 g/mol. The number of hydrogen-bond donors (Lipinski definition) is 2. The third-order valence-corrected chi connectivity index (χ3v) is 4.44. The number of sulfonamides is 1. The zero-order valence-electron chi connectivity index (χ0n) is 12.1. The van der Waals surface area contributed by atoms with Crippen molar-refractivity contribution in [3.05, 3.63) is 29.8 Å². The zero-order chi connectivity index (χ0) is 15.2. The molecule has 0 aliphatic carbocycles. The Kier molecular flexibility index (Phi) is 6.16. The van der Waals surface area contributed by atoms with Gasteiger partial charge in [0.25, 0.3) is 0 Å². The maximum atomic E-state index is 12.1. The number of rotatable bonds is 7. The highest BCUT2D eigenvalue weighted by atomic mass is 32.2. The largest absolute Gasteiger partial charge is 0.355 e. The van der Waals surface area contributed by atoms with Crippen LogP contribution in [0.2, 0.25) is 0 Å². The van der Waals surface area contributed by atoms with E-state index in [0.29, 0.717) is 6.54 Å². The van der Waals surface area contributed by atoms with Crippen LogP contribution in [0.15, 0.2) is 29.2 Å². The molecule has 0 radical (unpaired) electrons. The van der Waals surface area contributed by atoms with E-state index in [1.165, 1.54) is 19.1 Å². The van der Waals surface area contributed by atoms with Gasteiger partial charge in [0.2, 0.25) is 15.9 Å². The van der Waals surface area contributed by atoms with Gasteiger partial charge < -0.3 is 5.32 Å². The lowest BCUT2D eigenvalue weighted by molar-refractivity contribution is -0.122. The van der Waals surface area contributed by atoms with Crippen LogP contribution in [0.3, 0.4) is 0 Å². The van der Waals surface area contributed by atoms with Gasteiger partial charge >= 0.3 is 0 Å². The Labute approximate surface area is 120 Å². The summed E-state index contributed by atoms with van der Waals surface area (Å²) >= 11 is 0. The van der Waals surface area contributed by atoms with Crippen molar-refractivity contribution in [1.82, 2.24) is 10.0 Å². The van der Waals surface area contributed by atoms with Crippen LogP contribution in [0.5, 0.6) is 0 Å². The number of carbonyl (C=O) groups excluding carboxylic acids is 1. The first-order valence-electron chi connectivity index (χ1n) is 6.73. The van der Waals surface area contributed by atoms with E-state index in [1.54, 1.807) is 12.1 Å². The van der Waals surface area contributed by atoms with Gasteiger partial charge in [-0.3, -0.25) is 4.79 Å². The minimum Gasteiger partial charge on any atom is -0.355 e. The van der Waals surface area contributed by atoms with Crippen LogP contribution < -0.4 is 10.0 Å². The van der Waals surface area contributed by atoms with Crippen molar-refractivity contribution in [1.29, 1.82) is 0 Å². The Hall–Kier alpha value is -1.40. The minimum atomic E-state index is -3.66. The summed E-state index contributed by atoms with van der Waals surface area (Å²) in [6.07, 6.45) is 1.85. The number of amides is 1. The summed E-state index contributed by atoms with van der Waals surface area (Å²) in [5.74, 6) is -0.311. The highest BCUT2D eigenvalue weighted by Crippen LogP contribution is 2.10. The molecule has 0 saturated carbocycles. The first kappa shape index (κ1) is 16.7. The van der Waals surface area contributed by atoms with E-state index in [2.05, 4.69) is 10.0 Å². The normalized spacial score (nSPS) is 12.9. The highest BCUT2D eigenvalue weighted by Gasteiger charge is 2.21. The van der Waals surface area contributed by atoms with Gasteiger partial charge in [0, 0.05) is 6.54 Å². The first-order valence-corrected chi connectivity index (χ1v) is 8.22. The lowest BCUT2D eigenvalue weighted by Gasteiger charge is -2.14. The van der Waals surface area contributed by atoms with Crippen molar-refractivity contribution in [3.63, 3.8) is 0 Å². The van der Waals surface area contributed by atoms with E-state index in [4.69, 9.17) is 0 Å². The Morgan fingerprint density at radius 3 is 2.40 bits per heavy atom. The molecule has 0 aliphatic rings. The van der Waals surface area contributed by atoms with Gasteiger partial charge in [-0.15, -0.1) is 0 Å². The molecule has 0 aromatic heterocycles. The molecule has 0 heterocycles. The van der Waals surface area contributed by atoms with E-state index in [9.17, 15) is 13.2 Å². The monoisotopic (exact) mass is 298 g/mol. The fourth-order valence-corrected chi connectivity index (χ4v) is 2.82. The summed E-state index contributed by atoms with van der Waals surface area (Å²) in [4.78, 5) is 11.9. The Balaban J connectivity index is 2.66. The SMILES string of the molecule is CCCCNC(=O)[C@H](C)NS(=O)(=O)c1ccc(C)cc1. The van der Waals surface area contributed by atoms with Gasteiger partial charge in [-0.2, -0.15) is 4.72 Å².